The minimum Gasteiger partial charge on any atom is -0.231 e. The molecule has 1 unspecified atom stereocenters. The zero-order chi connectivity index (χ0) is 12.2. The lowest BCUT2D eigenvalue weighted by molar-refractivity contribution is 0.294. The fourth-order valence-electron chi connectivity index (χ4n) is 1.25. The fraction of sp³-hybridized carbons (Fsp3) is 0.667. The molecule has 0 bridgehead atoms. The summed E-state index contributed by atoms with van der Waals surface area (Å²) < 4.78 is 0. The van der Waals surface area contributed by atoms with E-state index in [1.165, 1.54) is 0 Å². The van der Waals surface area contributed by atoms with Gasteiger partial charge in [0, 0.05) is 17.6 Å². The van der Waals surface area contributed by atoms with Crippen molar-refractivity contribution >= 4 is 24.4 Å². The maximum atomic E-state index is 4.42. The number of thiol groups is 1. The average molecular weight is 256 g/mol. The lowest BCUT2D eigenvalue weighted by atomic mass is 9.83. The molecule has 0 N–H and O–H groups in total. The summed E-state index contributed by atoms with van der Waals surface area (Å²) in [5, 5.41) is 0.871. The number of thioether (sulfide) groups is 1. The van der Waals surface area contributed by atoms with Gasteiger partial charge in [0.05, 0.1) is 0 Å². The Morgan fingerprint density at radius 2 is 2.12 bits per heavy atom. The summed E-state index contributed by atoms with van der Waals surface area (Å²) in [7, 11) is 0. The maximum absolute atomic E-state index is 4.42. The van der Waals surface area contributed by atoms with Crippen LogP contribution in [-0.4, -0.2) is 21.5 Å². The van der Waals surface area contributed by atoms with Crippen LogP contribution in [0, 0.1) is 18.3 Å². The lowest BCUT2D eigenvalue weighted by Gasteiger charge is -2.28. The molecular weight excluding hydrogens is 236 g/mol. The second kappa shape index (κ2) is 5.92. The van der Waals surface area contributed by atoms with Gasteiger partial charge in [0.15, 0.2) is 5.16 Å². The van der Waals surface area contributed by atoms with Gasteiger partial charge < -0.3 is 0 Å². The summed E-state index contributed by atoms with van der Waals surface area (Å²) in [6.45, 7) is 8.76. The third-order valence-corrected chi connectivity index (χ3v) is 4.10. The van der Waals surface area contributed by atoms with Gasteiger partial charge in [-0.2, -0.15) is 12.6 Å². The third kappa shape index (κ3) is 4.34. The molecule has 0 aliphatic heterocycles. The molecule has 16 heavy (non-hydrogen) atoms. The van der Waals surface area contributed by atoms with E-state index in [0.29, 0.717) is 11.3 Å². The number of rotatable bonds is 4. The van der Waals surface area contributed by atoms with E-state index in [0.717, 1.165) is 22.4 Å². The van der Waals surface area contributed by atoms with E-state index in [1.54, 1.807) is 11.8 Å². The minimum absolute atomic E-state index is 0.290. The normalized spacial score (nSPS) is 13.8. The molecule has 2 nitrogen and oxygen atoms in total. The molecule has 0 amide bonds. The Kier molecular flexibility index (Phi) is 5.12. The molecule has 0 saturated carbocycles. The topological polar surface area (TPSA) is 25.8 Å². The van der Waals surface area contributed by atoms with Gasteiger partial charge in [-0.05, 0) is 30.1 Å². The molecule has 0 radical (unpaired) electrons. The third-order valence-electron chi connectivity index (χ3n) is 2.63. The van der Waals surface area contributed by atoms with Gasteiger partial charge in [-0.1, -0.05) is 32.5 Å². The highest BCUT2D eigenvalue weighted by Gasteiger charge is 2.23. The number of hydrogen-bond acceptors (Lipinski definition) is 4. The summed E-state index contributed by atoms with van der Waals surface area (Å²) in [6, 6.07) is 1.92. The molecule has 1 atom stereocenters. The highest BCUT2D eigenvalue weighted by atomic mass is 32.2. The molecule has 1 aromatic heterocycles. The molecule has 0 aliphatic carbocycles. The molecule has 0 aromatic carbocycles. The van der Waals surface area contributed by atoms with Crippen LogP contribution in [0.1, 0.15) is 26.5 Å². The van der Waals surface area contributed by atoms with Crippen LogP contribution in [0.25, 0.3) is 0 Å². The van der Waals surface area contributed by atoms with E-state index in [-0.39, 0.29) is 0 Å². The van der Waals surface area contributed by atoms with Gasteiger partial charge in [-0.3, -0.25) is 0 Å². The Hall–Kier alpha value is -0.220. The minimum atomic E-state index is 0.290. The Bertz CT molecular complexity index is 334. The van der Waals surface area contributed by atoms with Crippen molar-refractivity contribution in [1.82, 2.24) is 9.97 Å². The van der Waals surface area contributed by atoms with E-state index in [1.807, 2.05) is 19.2 Å². The summed E-state index contributed by atoms with van der Waals surface area (Å²) in [5.74, 6) is 2.50. The van der Waals surface area contributed by atoms with E-state index in [2.05, 4.69) is 43.4 Å². The van der Waals surface area contributed by atoms with Gasteiger partial charge >= 0.3 is 0 Å². The molecule has 0 spiro atoms. The first-order valence-electron chi connectivity index (χ1n) is 5.47. The van der Waals surface area contributed by atoms with Crippen molar-refractivity contribution in [3.05, 3.63) is 18.0 Å². The summed E-state index contributed by atoms with van der Waals surface area (Å²) >= 11 is 6.14. The number of nitrogens with zero attached hydrogens (tertiary/aromatic N) is 2. The van der Waals surface area contributed by atoms with Gasteiger partial charge in [-0.25, -0.2) is 9.97 Å². The van der Waals surface area contributed by atoms with E-state index in [4.69, 9.17) is 0 Å². The predicted octanol–water partition coefficient (Wildman–Crippen LogP) is 3.47. The number of hydrogen-bond donors (Lipinski definition) is 1. The van der Waals surface area contributed by atoms with Crippen LogP contribution in [-0.2, 0) is 0 Å². The van der Waals surface area contributed by atoms with Crippen molar-refractivity contribution in [1.29, 1.82) is 0 Å². The second-order valence-corrected chi connectivity index (χ2v) is 6.39. The first-order chi connectivity index (χ1) is 7.43. The molecule has 0 aliphatic rings. The molecule has 0 fully saturated rings. The molecular formula is C12H20N2S2. The van der Waals surface area contributed by atoms with Crippen molar-refractivity contribution in [2.75, 3.05) is 11.5 Å². The van der Waals surface area contributed by atoms with Crippen LogP contribution in [0.15, 0.2) is 17.4 Å². The van der Waals surface area contributed by atoms with Crippen LogP contribution in [0.2, 0.25) is 0 Å². The molecule has 1 heterocycles. The standard InChI is InChI=1S/C12H20N2S2/c1-9-5-6-13-11(14-9)16-8-10(7-15)12(2,3)4/h5-6,10,15H,7-8H2,1-4H3. The van der Waals surface area contributed by atoms with Crippen molar-refractivity contribution in [2.24, 2.45) is 11.3 Å². The van der Waals surface area contributed by atoms with E-state index in [9.17, 15) is 0 Å². The van der Waals surface area contributed by atoms with Gasteiger partial charge in [0.2, 0.25) is 0 Å². The van der Waals surface area contributed by atoms with Crippen molar-refractivity contribution in [2.45, 2.75) is 32.9 Å². The lowest BCUT2D eigenvalue weighted by Crippen LogP contribution is -2.24. The highest BCUT2D eigenvalue weighted by Crippen LogP contribution is 2.31. The van der Waals surface area contributed by atoms with E-state index >= 15 is 0 Å². The molecule has 1 rings (SSSR count). The Labute approximate surface area is 108 Å². The summed E-state index contributed by atoms with van der Waals surface area (Å²) in [4.78, 5) is 8.64. The molecule has 4 heteroatoms. The fourth-order valence-corrected chi connectivity index (χ4v) is 3.41. The van der Waals surface area contributed by atoms with Gasteiger partial charge in [0.25, 0.3) is 0 Å². The monoisotopic (exact) mass is 256 g/mol. The molecule has 90 valence electrons. The van der Waals surface area contributed by atoms with Crippen LogP contribution in [0.5, 0.6) is 0 Å². The number of aromatic nitrogens is 2. The number of aryl methyl sites for hydroxylation is 1. The second-order valence-electron chi connectivity index (χ2n) is 5.04. The van der Waals surface area contributed by atoms with Crippen LogP contribution in [0.3, 0.4) is 0 Å². The maximum Gasteiger partial charge on any atom is 0.187 e. The summed E-state index contributed by atoms with van der Waals surface area (Å²) in [6.07, 6.45) is 1.82. The Morgan fingerprint density at radius 3 is 2.62 bits per heavy atom. The molecule has 1 aromatic rings. The summed E-state index contributed by atoms with van der Waals surface area (Å²) in [5.41, 5.74) is 1.31. The van der Waals surface area contributed by atoms with Crippen LogP contribution < -0.4 is 0 Å². The first-order valence-corrected chi connectivity index (χ1v) is 7.08. The molecule has 0 saturated heterocycles. The van der Waals surface area contributed by atoms with Crippen LogP contribution in [0.4, 0.5) is 0 Å². The Morgan fingerprint density at radius 1 is 1.44 bits per heavy atom. The van der Waals surface area contributed by atoms with Gasteiger partial charge in [-0.15, -0.1) is 0 Å². The van der Waals surface area contributed by atoms with Gasteiger partial charge in [0.1, 0.15) is 0 Å². The quantitative estimate of drug-likeness (QED) is 0.507. The first kappa shape index (κ1) is 13.8. The smallest absolute Gasteiger partial charge is 0.187 e. The highest BCUT2D eigenvalue weighted by molar-refractivity contribution is 7.99. The van der Waals surface area contributed by atoms with Crippen molar-refractivity contribution in [3.63, 3.8) is 0 Å². The van der Waals surface area contributed by atoms with Crippen molar-refractivity contribution in [3.8, 4) is 0 Å². The average Bonchev–Trinajstić information content (AvgIpc) is 2.16. The zero-order valence-corrected chi connectivity index (χ0v) is 12.1. The van der Waals surface area contributed by atoms with Crippen LogP contribution >= 0.6 is 24.4 Å². The predicted molar refractivity (Wildman–Crippen MR) is 74.3 cm³/mol. The van der Waals surface area contributed by atoms with Crippen molar-refractivity contribution < 1.29 is 0 Å². The van der Waals surface area contributed by atoms with E-state index < -0.39 is 0 Å². The zero-order valence-electron chi connectivity index (χ0n) is 10.4. The Balaban J connectivity index is 2.56. The largest absolute Gasteiger partial charge is 0.231 e. The SMILES string of the molecule is Cc1ccnc(SCC(CS)C(C)(C)C)n1.